The van der Waals surface area contributed by atoms with Gasteiger partial charge >= 0.3 is 0 Å². The van der Waals surface area contributed by atoms with Crippen LogP contribution in [-0.4, -0.2) is 6.79 Å². The van der Waals surface area contributed by atoms with Crippen LogP contribution in [0.25, 0.3) is 0 Å². The number of hydrogen-bond donors (Lipinski definition) is 0. The summed E-state index contributed by atoms with van der Waals surface area (Å²) >= 11 is 2.04. The minimum Gasteiger partial charge on any atom is -0.454 e. The normalized spacial score (nSPS) is 12.6. The van der Waals surface area contributed by atoms with Gasteiger partial charge in [-0.05, 0) is 52.9 Å². The maximum absolute atomic E-state index is 13.6. The van der Waals surface area contributed by atoms with Crippen LogP contribution in [0.5, 0.6) is 23.0 Å². The zero-order valence-electron chi connectivity index (χ0n) is 9.15. The summed E-state index contributed by atoms with van der Waals surface area (Å²) in [5, 5.41) is 0. The molecule has 0 amide bonds. The molecule has 1 aliphatic rings. The molecule has 0 fully saturated rings. The first-order valence-corrected chi connectivity index (χ1v) is 6.33. The Balaban J connectivity index is 1.88. The molecule has 0 radical (unpaired) electrons. The lowest BCUT2D eigenvalue weighted by Gasteiger charge is -2.07. The van der Waals surface area contributed by atoms with Gasteiger partial charge in [-0.25, -0.2) is 4.39 Å². The van der Waals surface area contributed by atoms with E-state index in [0.717, 1.165) is 3.57 Å². The highest BCUT2D eigenvalue weighted by atomic mass is 127. The molecule has 0 bridgehead atoms. The quantitative estimate of drug-likeness (QED) is 0.761. The van der Waals surface area contributed by atoms with Gasteiger partial charge in [-0.3, -0.25) is 0 Å². The van der Waals surface area contributed by atoms with Crippen molar-refractivity contribution in [2.75, 3.05) is 6.79 Å². The molecule has 1 heterocycles. The van der Waals surface area contributed by atoms with Crippen LogP contribution in [0.15, 0.2) is 36.4 Å². The molecule has 0 aromatic heterocycles. The molecule has 0 aliphatic carbocycles. The van der Waals surface area contributed by atoms with Crippen molar-refractivity contribution in [1.82, 2.24) is 0 Å². The van der Waals surface area contributed by atoms with Crippen molar-refractivity contribution in [2.45, 2.75) is 0 Å². The Morgan fingerprint density at radius 3 is 2.72 bits per heavy atom. The topological polar surface area (TPSA) is 27.7 Å². The average molecular weight is 358 g/mol. The molecule has 3 rings (SSSR count). The minimum atomic E-state index is -0.389. The van der Waals surface area contributed by atoms with Crippen molar-refractivity contribution >= 4 is 22.6 Å². The zero-order chi connectivity index (χ0) is 12.5. The number of hydrogen-bond acceptors (Lipinski definition) is 3. The molecule has 0 N–H and O–H groups in total. The Labute approximate surface area is 117 Å². The second kappa shape index (κ2) is 4.64. The van der Waals surface area contributed by atoms with E-state index in [4.69, 9.17) is 14.2 Å². The van der Waals surface area contributed by atoms with Crippen molar-refractivity contribution in [3.63, 3.8) is 0 Å². The molecule has 1 aliphatic heterocycles. The highest BCUT2D eigenvalue weighted by Crippen LogP contribution is 2.37. The SMILES string of the molecule is Fc1cc(I)ccc1Oc1ccc2c(c1)OCO2. The molecule has 2 aromatic rings. The van der Waals surface area contributed by atoms with Gasteiger partial charge in [0.2, 0.25) is 6.79 Å². The van der Waals surface area contributed by atoms with Gasteiger partial charge in [-0.1, -0.05) is 0 Å². The summed E-state index contributed by atoms with van der Waals surface area (Å²) in [6, 6.07) is 9.93. The summed E-state index contributed by atoms with van der Waals surface area (Å²) in [5.74, 6) is 1.59. The second-order valence-electron chi connectivity index (χ2n) is 3.69. The first-order valence-electron chi connectivity index (χ1n) is 5.25. The lowest BCUT2D eigenvalue weighted by atomic mass is 10.3. The fourth-order valence-corrected chi connectivity index (χ4v) is 2.08. The van der Waals surface area contributed by atoms with E-state index >= 15 is 0 Å². The van der Waals surface area contributed by atoms with Crippen LogP contribution >= 0.6 is 22.6 Å². The minimum absolute atomic E-state index is 0.189. The van der Waals surface area contributed by atoms with E-state index in [1.807, 2.05) is 22.6 Å². The number of halogens is 2. The molecule has 0 saturated carbocycles. The molecular weight excluding hydrogens is 350 g/mol. The summed E-state index contributed by atoms with van der Waals surface area (Å²) in [6.45, 7) is 0.205. The third-order valence-electron chi connectivity index (χ3n) is 2.47. The van der Waals surface area contributed by atoms with Gasteiger partial charge < -0.3 is 14.2 Å². The Morgan fingerprint density at radius 1 is 1.06 bits per heavy atom. The molecule has 3 nitrogen and oxygen atoms in total. The third kappa shape index (κ3) is 2.22. The summed E-state index contributed by atoms with van der Waals surface area (Å²) in [6.07, 6.45) is 0. The van der Waals surface area contributed by atoms with Gasteiger partial charge in [-0.15, -0.1) is 0 Å². The second-order valence-corrected chi connectivity index (χ2v) is 4.94. The monoisotopic (exact) mass is 358 g/mol. The first kappa shape index (κ1) is 11.6. The molecule has 0 spiro atoms. The van der Waals surface area contributed by atoms with E-state index in [2.05, 4.69) is 0 Å². The molecule has 0 saturated heterocycles. The van der Waals surface area contributed by atoms with Crippen LogP contribution in [0.1, 0.15) is 0 Å². The number of benzene rings is 2. The van der Waals surface area contributed by atoms with Crippen molar-refractivity contribution in [3.8, 4) is 23.0 Å². The maximum atomic E-state index is 13.6. The van der Waals surface area contributed by atoms with Gasteiger partial charge in [0.1, 0.15) is 5.75 Å². The van der Waals surface area contributed by atoms with E-state index in [0.29, 0.717) is 17.2 Å². The number of ether oxygens (including phenoxy) is 3. The molecular formula is C13H8FIO3. The standard InChI is InChI=1S/C13H8FIO3/c14-10-5-8(15)1-3-11(10)18-9-2-4-12-13(6-9)17-7-16-12/h1-6H,7H2. The van der Waals surface area contributed by atoms with Crippen LogP contribution < -0.4 is 14.2 Å². The van der Waals surface area contributed by atoms with Crippen LogP contribution in [0.2, 0.25) is 0 Å². The van der Waals surface area contributed by atoms with Crippen LogP contribution in [0, 0.1) is 9.39 Å². The van der Waals surface area contributed by atoms with E-state index in [1.165, 1.54) is 6.07 Å². The van der Waals surface area contributed by atoms with E-state index < -0.39 is 0 Å². The van der Waals surface area contributed by atoms with Gasteiger partial charge in [0.15, 0.2) is 23.1 Å². The van der Waals surface area contributed by atoms with Crippen molar-refractivity contribution in [3.05, 3.63) is 45.8 Å². The highest BCUT2D eigenvalue weighted by Gasteiger charge is 2.14. The van der Waals surface area contributed by atoms with Gasteiger partial charge in [0.05, 0.1) is 0 Å². The Bertz CT molecular complexity index is 601. The van der Waals surface area contributed by atoms with Gasteiger partial charge in [0.25, 0.3) is 0 Å². The lowest BCUT2D eigenvalue weighted by Crippen LogP contribution is -1.93. The predicted octanol–water partition coefficient (Wildman–Crippen LogP) is 3.95. The first-order chi connectivity index (χ1) is 8.72. The summed E-state index contributed by atoms with van der Waals surface area (Å²) < 4.78 is 30.3. The smallest absolute Gasteiger partial charge is 0.231 e. The van der Waals surface area contributed by atoms with E-state index in [9.17, 15) is 4.39 Å². The van der Waals surface area contributed by atoms with Crippen molar-refractivity contribution in [2.24, 2.45) is 0 Å². The average Bonchev–Trinajstić information content (AvgIpc) is 2.80. The number of fused-ring (bicyclic) bond motifs is 1. The Hall–Kier alpha value is -1.50. The summed E-state index contributed by atoms with van der Waals surface area (Å²) in [7, 11) is 0. The van der Waals surface area contributed by atoms with Crippen molar-refractivity contribution in [1.29, 1.82) is 0 Å². The number of rotatable bonds is 2. The fourth-order valence-electron chi connectivity index (χ4n) is 1.63. The van der Waals surface area contributed by atoms with E-state index in [1.54, 1.807) is 30.3 Å². The van der Waals surface area contributed by atoms with E-state index in [-0.39, 0.29) is 18.4 Å². The third-order valence-corrected chi connectivity index (χ3v) is 3.14. The Kier molecular flexibility index (Phi) is 2.99. The van der Waals surface area contributed by atoms with Crippen molar-refractivity contribution < 1.29 is 18.6 Å². The molecule has 0 atom stereocenters. The lowest BCUT2D eigenvalue weighted by molar-refractivity contribution is 0.174. The largest absolute Gasteiger partial charge is 0.454 e. The molecule has 18 heavy (non-hydrogen) atoms. The maximum Gasteiger partial charge on any atom is 0.231 e. The molecule has 5 heteroatoms. The summed E-state index contributed by atoms with van der Waals surface area (Å²) in [4.78, 5) is 0. The van der Waals surface area contributed by atoms with Gasteiger partial charge in [0, 0.05) is 9.64 Å². The molecule has 92 valence electrons. The summed E-state index contributed by atoms with van der Waals surface area (Å²) in [5.41, 5.74) is 0. The van der Waals surface area contributed by atoms with Crippen LogP contribution in [0.4, 0.5) is 4.39 Å². The van der Waals surface area contributed by atoms with Crippen LogP contribution in [-0.2, 0) is 0 Å². The molecule has 2 aromatic carbocycles. The zero-order valence-corrected chi connectivity index (χ0v) is 11.3. The van der Waals surface area contributed by atoms with Gasteiger partial charge in [-0.2, -0.15) is 0 Å². The Morgan fingerprint density at radius 2 is 1.89 bits per heavy atom. The molecule has 0 unspecified atom stereocenters. The predicted molar refractivity (Wildman–Crippen MR) is 71.8 cm³/mol. The fraction of sp³-hybridized carbons (Fsp3) is 0.0769. The van der Waals surface area contributed by atoms with Crippen LogP contribution in [0.3, 0.4) is 0 Å². The highest BCUT2D eigenvalue weighted by molar-refractivity contribution is 14.1.